The Morgan fingerprint density at radius 1 is 1.28 bits per heavy atom. The maximum Gasteiger partial charge on any atom is 0.277 e. The SMILES string of the molecule is CCn1[nH]cc(C(=O)c2cc(C)c3c(c2C)C(C)(C)CS3(=O)=O)c1=O. The topological polar surface area (TPSA) is 89.0 Å². The van der Waals surface area contributed by atoms with Crippen LogP contribution in [0.15, 0.2) is 22.0 Å². The summed E-state index contributed by atoms with van der Waals surface area (Å²) in [6.07, 6.45) is 1.41. The van der Waals surface area contributed by atoms with Gasteiger partial charge in [0, 0.05) is 23.7 Å². The number of ketones is 1. The standard InChI is InChI=1S/C18H22N2O4S/c1-6-20-17(22)13(8-19-20)15(21)12-7-10(2)16-14(11(12)3)18(4,5)9-25(16,23)24/h7-8,19H,6,9H2,1-5H3. The third-order valence-electron chi connectivity index (χ3n) is 4.91. The molecule has 0 saturated heterocycles. The lowest BCUT2D eigenvalue weighted by atomic mass is 9.80. The van der Waals surface area contributed by atoms with Crippen LogP contribution in [-0.2, 0) is 21.8 Å². The van der Waals surface area contributed by atoms with Gasteiger partial charge in [0.2, 0.25) is 0 Å². The van der Waals surface area contributed by atoms with Gasteiger partial charge in [-0.15, -0.1) is 0 Å². The highest BCUT2D eigenvalue weighted by molar-refractivity contribution is 7.91. The zero-order valence-corrected chi connectivity index (χ0v) is 15.9. The monoisotopic (exact) mass is 362 g/mol. The molecule has 2 aromatic rings. The Kier molecular flexibility index (Phi) is 3.83. The van der Waals surface area contributed by atoms with Crippen LogP contribution in [0.4, 0.5) is 0 Å². The summed E-state index contributed by atoms with van der Waals surface area (Å²) in [6.45, 7) is 9.47. The number of H-pyrrole nitrogens is 1. The summed E-state index contributed by atoms with van der Waals surface area (Å²) < 4.78 is 26.5. The van der Waals surface area contributed by atoms with Crippen molar-refractivity contribution < 1.29 is 13.2 Å². The van der Waals surface area contributed by atoms with E-state index in [1.54, 1.807) is 19.9 Å². The fraction of sp³-hybridized carbons (Fsp3) is 0.444. The summed E-state index contributed by atoms with van der Waals surface area (Å²) in [5.74, 6) is -0.349. The number of nitrogens with one attached hydrogen (secondary N) is 1. The zero-order chi connectivity index (χ0) is 18.7. The van der Waals surface area contributed by atoms with Crippen LogP contribution in [0.2, 0.25) is 0 Å². The van der Waals surface area contributed by atoms with Crippen molar-refractivity contribution in [2.75, 3.05) is 5.75 Å². The molecule has 0 radical (unpaired) electrons. The molecule has 6 nitrogen and oxygen atoms in total. The minimum Gasteiger partial charge on any atom is -0.302 e. The molecule has 1 aromatic heterocycles. The van der Waals surface area contributed by atoms with Crippen molar-refractivity contribution in [3.63, 3.8) is 0 Å². The van der Waals surface area contributed by atoms with Gasteiger partial charge in [0.15, 0.2) is 15.6 Å². The lowest BCUT2D eigenvalue weighted by Gasteiger charge is -2.21. The van der Waals surface area contributed by atoms with E-state index in [1.165, 1.54) is 10.9 Å². The molecule has 0 aliphatic carbocycles. The first-order valence-electron chi connectivity index (χ1n) is 8.21. The molecule has 2 heterocycles. The molecule has 0 bridgehead atoms. The third-order valence-corrected chi connectivity index (χ3v) is 7.16. The highest BCUT2D eigenvalue weighted by Gasteiger charge is 2.43. The van der Waals surface area contributed by atoms with Crippen LogP contribution in [0.3, 0.4) is 0 Å². The number of hydrogen-bond acceptors (Lipinski definition) is 4. The fourth-order valence-corrected chi connectivity index (χ4v) is 6.44. The number of carbonyl (C=O) groups excluding carboxylic acids is 1. The number of aryl methyl sites for hydroxylation is 2. The van der Waals surface area contributed by atoms with Gasteiger partial charge in [0.1, 0.15) is 5.56 Å². The van der Waals surface area contributed by atoms with Crippen LogP contribution in [0, 0.1) is 13.8 Å². The normalized spacial score (nSPS) is 17.5. The number of carbonyl (C=O) groups is 1. The maximum absolute atomic E-state index is 13.0. The van der Waals surface area contributed by atoms with Crippen LogP contribution in [0.25, 0.3) is 0 Å². The molecular weight excluding hydrogens is 340 g/mol. The average molecular weight is 362 g/mol. The lowest BCUT2D eigenvalue weighted by molar-refractivity contribution is 0.103. The Morgan fingerprint density at radius 3 is 2.48 bits per heavy atom. The molecule has 1 aromatic carbocycles. The van der Waals surface area contributed by atoms with Crippen molar-refractivity contribution in [2.45, 2.75) is 51.5 Å². The summed E-state index contributed by atoms with van der Waals surface area (Å²) >= 11 is 0. The van der Waals surface area contributed by atoms with Gasteiger partial charge in [-0.05, 0) is 43.5 Å². The molecule has 1 aliphatic rings. The van der Waals surface area contributed by atoms with Crippen molar-refractivity contribution >= 4 is 15.6 Å². The number of fused-ring (bicyclic) bond motifs is 1. The van der Waals surface area contributed by atoms with E-state index < -0.39 is 15.3 Å². The van der Waals surface area contributed by atoms with Gasteiger partial charge in [-0.1, -0.05) is 13.8 Å². The number of hydrogen-bond donors (Lipinski definition) is 1. The quantitative estimate of drug-likeness (QED) is 0.847. The van der Waals surface area contributed by atoms with E-state index in [0.29, 0.717) is 33.7 Å². The van der Waals surface area contributed by atoms with Gasteiger partial charge in [-0.3, -0.25) is 14.3 Å². The number of nitrogens with zero attached hydrogens (tertiary/aromatic N) is 1. The number of aromatic amines is 1. The second kappa shape index (κ2) is 5.42. The first kappa shape index (κ1) is 17.7. The molecule has 0 unspecified atom stereocenters. The maximum atomic E-state index is 13.0. The van der Waals surface area contributed by atoms with E-state index in [4.69, 9.17) is 0 Å². The molecule has 1 aliphatic heterocycles. The van der Waals surface area contributed by atoms with Gasteiger partial charge in [-0.2, -0.15) is 0 Å². The minimum atomic E-state index is -3.36. The molecule has 3 rings (SSSR count). The predicted molar refractivity (Wildman–Crippen MR) is 95.2 cm³/mol. The average Bonchev–Trinajstić information content (AvgIpc) is 2.96. The number of rotatable bonds is 3. The smallest absolute Gasteiger partial charge is 0.277 e. The molecule has 0 spiro atoms. The van der Waals surface area contributed by atoms with E-state index in [9.17, 15) is 18.0 Å². The number of sulfone groups is 1. The largest absolute Gasteiger partial charge is 0.302 e. The molecule has 0 amide bonds. The number of benzene rings is 1. The van der Waals surface area contributed by atoms with Gasteiger partial charge in [-0.25, -0.2) is 8.42 Å². The van der Waals surface area contributed by atoms with Gasteiger partial charge >= 0.3 is 0 Å². The molecule has 25 heavy (non-hydrogen) atoms. The highest BCUT2D eigenvalue weighted by Crippen LogP contribution is 2.44. The van der Waals surface area contributed by atoms with E-state index in [2.05, 4.69) is 5.10 Å². The van der Waals surface area contributed by atoms with E-state index in [-0.39, 0.29) is 22.7 Å². The highest BCUT2D eigenvalue weighted by atomic mass is 32.2. The third kappa shape index (κ3) is 2.49. The van der Waals surface area contributed by atoms with Gasteiger partial charge < -0.3 is 5.10 Å². The Morgan fingerprint density at radius 2 is 1.92 bits per heavy atom. The molecule has 1 N–H and O–H groups in total. The first-order valence-corrected chi connectivity index (χ1v) is 9.87. The summed E-state index contributed by atoms with van der Waals surface area (Å²) in [5, 5.41) is 2.78. The predicted octanol–water partition coefficient (Wildman–Crippen LogP) is 2.11. The van der Waals surface area contributed by atoms with Crippen molar-refractivity contribution in [2.24, 2.45) is 0 Å². The molecule has 134 valence electrons. The van der Waals surface area contributed by atoms with E-state index in [1.807, 2.05) is 20.8 Å². The van der Waals surface area contributed by atoms with Crippen LogP contribution < -0.4 is 5.56 Å². The van der Waals surface area contributed by atoms with Crippen molar-refractivity contribution in [3.8, 4) is 0 Å². The van der Waals surface area contributed by atoms with Crippen molar-refractivity contribution in [1.29, 1.82) is 0 Å². The van der Waals surface area contributed by atoms with Crippen LogP contribution >= 0.6 is 0 Å². The van der Waals surface area contributed by atoms with Crippen molar-refractivity contribution in [1.82, 2.24) is 9.78 Å². The molecule has 7 heteroatoms. The fourth-order valence-electron chi connectivity index (χ4n) is 3.91. The van der Waals surface area contributed by atoms with Crippen LogP contribution in [0.1, 0.15) is 53.4 Å². The van der Waals surface area contributed by atoms with E-state index >= 15 is 0 Å². The van der Waals surface area contributed by atoms with Gasteiger partial charge in [0.05, 0.1) is 10.6 Å². The Bertz CT molecular complexity index is 1060. The first-order chi connectivity index (χ1) is 11.5. The Labute approximate surface area is 146 Å². The number of aromatic nitrogens is 2. The zero-order valence-electron chi connectivity index (χ0n) is 15.1. The van der Waals surface area contributed by atoms with Gasteiger partial charge in [0.25, 0.3) is 5.56 Å². The summed E-state index contributed by atoms with van der Waals surface area (Å²) in [4.78, 5) is 25.6. The van der Waals surface area contributed by atoms with Crippen LogP contribution in [0.5, 0.6) is 0 Å². The minimum absolute atomic E-state index is 0.0292. The summed E-state index contributed by atoms with van der Waals surface area (Å²) in [5.41, 5.74) is 1.42. The Hall–Kier alpha value is -2.15. The molecule has 0 fully saturated rings. The molecule has 0 saturated carbocycles. The van der Waals surface area contributed by atoms with Crippen LogP contribution in [-0.4, -0.2) is 29.7 Å². The van der Waals surface area contributed by atoms with E-state index in [0.717, 1.165) is 0 Å². The van der Waals surface area contributed by atoms with Crippen molar-refractivity contribution in [3.05, 3.63) is 50.4 Å². The summed E-state index contributed by atoms with van der Waals surface area (Å²) in [7, 11) is -3.36. The second-order valence-corrected chi connectivity index (χ2v) is 9.21. The summed E-state index contributed by atoms with van der Waals surface area (Å²) in [6, 6.07) is 1.60. The molecule has 0 atom stereocenters. The second-order valence-electron chi connectivity index (χ2n) is 7.28. The molecular formula is C18H22N2O4S. The lowest BCUT2D eigenvalue weighted by Crippen LogP contribution is -2.23. The Balaban J connectivity index is 2.27.